The van der Waals surface area contributed by atoms with Crippen LogP contribution in [0.5, 0.6) is 0 Å². The smallest absolute Gasteiger partial charge is 0.239 e. The Bertz CT molecular complexity index is 1220. The van der Waals surface area contributed by atoms with E-state index in [1.54, 1.807) is 24.5 Å². The van der Waals surface area contributed by atoms with Gasteiger partial charge in [0, 0.05) is 28.4 Å². The van der Waals surface area contributed by atoms with Crippen molar-refractivity contribution in [2.24, 2.45) is 4.99 Å². The molecule has 0 spiro atoms. The number of fused-ring (bicyclic) bond motifs is 1. The minimum atomic E-state index is -0.293. The van der Waals surface area contributed by atoms with Crippen molar-refractivity contribution in [3.05, 3.63) is 63.6 Å². The number of anilines is 1. The summed E-state index contributed by atoms with van der Waals surface area (Å²) in [7, 11) is 0. The lowest BCUT2D eigenvalue weighted by Crippen LogP contribution is -2.22. The largest absolute Gasteiger partial charge is 0.301 e. The molecule has 0 saturated heterocycles. The second-order valence-corrected chi connectivity index (χ2v) is 10.5. The van der Waals surface area contributed by atoms with E-state index in [9.17, 15) is 4.79 Å². The predicted molar refractivity (Wildman–Crippen MR) is 129 cm³/mol. The number of benzene rings is 2. The van der Waals surface area contributed by atoms with Gasteiger partial charge in [0.15, 0.2) is 9.47 Å². The highest BCUT2D eigenvalue weighted by atomic mass is 35.5. The maximum Gasteiger partial charge on any atom is 0.239 e. The van der Waals surface area contributed by atoms with E-state index in [0.29, 0.717) is 15.2 Å². The van der Waals surface area contributed by atoms with Crippen molar-refractivity contribution in [1.29, 1.82) is 0 Å². The molecule has 0 fully saturated rings. The molecule has 4 rings (SSSR count). The number of hydrogen-bond donors (Lipinski definition) is 1. The third-order valence-electron chi connectivity index (χ3n) is 3.98. The van der Waals surface area contributed by atoms with E-state index < -0.39 is 0 Å². The van der Waals surface area contributed by atoms with Gasteiger partial charge in [-0.3, -0.25) is 9.79 Å². The normalized spacial score (nSPS) is 12.5. The van der Waals surface area contributed by atoms with Crippen molar-refractivity contribution in [3.63, 3.8) is 0 Å². The standard InChI is InChI=1S/C20H14Cl2N4OS3/c1-11(18(27)26-19-23-6-7-28-19)29-20-25-16-5-4-14(9-17(16)30-20)24-10-12-2-3-13(21)8-15(12)22/h2-11H,1H3,(H,23,26,27)/t11-/m0/s1. The van der Waals surface area contributed by atoms with Crippen LogP contribution in [0.2, 0.25) is 10.0 Å². The molecule has 0 aliphatic heterocycles. The molecule has 152 valence electrons. The summed E-state index contributed by atoms with van der Waals surface area (Å²) in [6, 6.07) is 11.1. The van der Waals surface area contributed by atoms with Crippen LogP contribution in [0.15, 0.2) is 57.3 Å². The van der Waals surface area contributed by atoms with Gasteiger partial charge in [-0.05, 0) is 37.3 Å². The van der Waals surface area contributed by atoms with Crippen LogP contribution in [0.4, 0.5) is 10.8 Å². The molecule has 0 unspecified atom stereocenters. The minimum absolute atomic E-state index is 0.0978. The number of thiazole rings is 2. The molecule has 0 radical (unpaired) electrons. The van der Waals surface area contributed by atoms with Crippen LogP contribution in [0.25, 0.3) is 10.2 Å². The Labute approximate surface area is 195 Å². The van der Waals surface area contributed by atoms with Crippen LogP contribution in [0, 0.1) is 0 Å². The van der Waals surface area contributed by atoms with Gasteiger partial charge in [-0.15, -0.1) is 22.7 Å². The molecule has 5 nitrogen and oxygen atoms in total. The molecule has 2 heterocycles. The summed E-state index contributed by atoms with van der Waals surface area (Å²) in [6.45, 7) is 1.85. The first-order valence-corrected chi connectivity index (χ1v) is 12.1. The molecule has 4 aromatic rings. The molecule has 1 atom stereocenters. The second kappa shape index (κ2) is 9.45. The number of carbonyl (C=O) groups excluding carboxylic acids is 1. The Kier molecular flexibility index (Phi) is 6.70. The zero-order valence-corrected chi connectivity index (χ0v) is 19.5. The first-order valence-electron chi connectivity index (χ1n) is 8.74. The SMILES string of the molecule is C[C@H](Sc1nc2ccc(N=Cc3ccc(Cl)cc3Cl)cc2s1)C(=O)Nc1nccs1. The average Bonchev–Trinajstić information content (AvgIpc) is 3.36. The van der Waals surface area contributed by atoms with Gasteiger partial charge in [0.05, 0.1) is 26.2 Å². The van der Waals surface area contributed by atoms with E-state index in [1.165, 1.54) is 34.4 Å². The lowest BCUT2D eigenvalue weighted by molar-refractivity contribution is -0.115. The Morgan fingerprint density at radius 2 is 2.13 bits per heavy atom. The quantitative estimate of drug-likeness (QED) is 0.234. The Hall–Kier alpha value is -1.97. The number of nitrogens with one attached hydrogen (secondary N) is 1. The highest BCUT2D eigenvalue weighted by Gasteiger charge is 2.18. The number of hydrogen-bond acceptors (Lipinski definition) is 7. The fourth-order valence-corrected chi connectivity index (χ4v) is 5.70. The number of carbonyl (C=O) groups is 1. The van der Waals surface area contributed by atoms with Crippen molar-refractivity contribution < 1.29 is 4.79 Å². The fraction of sp³-hybridized carbons (Fsp3) is 0.100. The summed E-state index contributed by atoms with van der Waals surface area (Å²) in [5.74, 6) is -0.0978. The number of halogens is 2. The lowest BCUT2D eigenvalue weighted by Gasteiger charge is -2.07. The molecule has 1 amide bonds. The molecule has 2 aromatic heterocycles. The van der Waals surface area contributed by atoms with Gasteiger partial charge in [-0.1, -0.05) is 41.0 Å². The number of thioether (sulfide) groups is 1. The molecule has 0 saturated carbocycles. The average molecular weight is 493 g/mol. The van der Waals surface area contributed by atoms with E-state index in [1.807, 2.05) is 36.6 Å². The van der Waals surface area contributed by atoms with Crippen LogP contribution < -0.4 is 5.32 Å². The predicted octanol–water partition coefficient (Wildman–Crippen LogP) is 6.93. The first-order chi connectivity index (χ1) is 14.5. The monoisotopic (exact) mass is 492 g/mol. The van der Waals surface area contributed by atoms with E-state index in [-0.39, 0.29) is 11.2 Å². The fourth-order valence-electron chi connectivity index (χ4n) is 2.47. The van der Waals surface area contributed by atoms with Gasteiger partial charge in [0.1, 0.15) is 0 Å². The topological polar surface area (TPSA) is 67.2 Å². The molecular weight excluding hydrogens is 479 g/mol. The summed E-state index contributed by atoms with van der Waals surface area (Å²) in [5.41, 5.74) is 2.46. The van der Waals surface area contributed by atoms with E-state index in [2.05, 4.69) is 20.3 Å². The van der Waals surface area contributed by atoms with E-state index in [4.69, 9.17) is 23.2 Å². The van der Waals surface area contributed by atoms with Gasteiger partial charge in [-0.25, -0.2) is 9.97 Å². The van der Waals surface area contributed by atoms with Crippen LogP contribution >= 0.6 is 57.6 Å². The first kappa shape index (κ1) is 21.3. The number of amides is 1. The van der Waals surface area contributed by atoms with Gasteiger partial charge >= 0.3 is 0 Å². The van der Waals surface area contributed by atoms with E-state index in [0.717, 1.165) is 25.8 Å². The second-order valence-electron chi connectivity index (χ2n) is 6.14. The van der Waals surface area contributed by atoms with Crippen molar-refractivity contribution in [2.45, 2.75) is 16.5 Å². The summed E-state index contributed by atoms with van der Waals surface area (Å²) < 4.78 is 1.83. The zero-order chi connectivity index (χ0) is 21.1. The Morgan fingerprint density at radius 1 is 1.27 bits per heavy atom. The third kappa shape index (κ3) is 5.19. The van der Waals surface area contributed by atoms with Crippen molar-refractivity contribution in [2.75, 3.05) is 5.32 Å². The highest BCUT2D eigenvalue weighted by Crippen LogP contribution is 2.34. The summed E-state index contributed by atoms with van der Waals surface area (Å²) in [4.78, 5) is 25.5. The van der Waals surface area contributed by atoms with Gasteiger partial charge in [0.25, 0.3) is 0 Å². The van der Waals surface area contributed by atoms with Gasteiger partial charge < -0.3 is 5.32 Å². The number of aromatic nitrogens is 2. The van der Waals surface area contributed by atoms with Gasteiger partial charge in [-0.2, -0.15) is 0 Å². The Morgan fingerprint density at radius 3 is 2.90 bits per heavy atom. The van der Waals surface area contributed by atoms with E-state index >= 15 is 0 Å². The molecule has 10 heteroatoms. The number of aliphatic imine (C=N–C) groups is 1. The van der Waals surface area contributed by atoms with Crippen LogP contribution in [0.1, 0.15) is 12.5 Å². The third-order valence-corrected chi connectivity index (χ3v) is 7.44. The minimum Gasteiger partial charge on any atom is -0.301 e. The van der Waals surface area contributed by atoms with Crippen molar-refractivity contribution in [1.82, 2.24) is 9.97 Å². The van der Waals surface area contributed by atoms with Crippen LogP contribution in [-0.4, -0.2) is 27.3 Å². The Balaban J connectivity index is 1.46. The maximum atomic E-state index is 12.3. The summed E-state index contributed by atoms with van der Waals surface area (Å²) >= 11 is 16.5. The summed E-state index contributed by atoms with van der Waals surface area (Å²) in [6.07, 6.45) is 3.37. The lowest BCUT2D eigenvalue weighted by atomic mass is 10.2. The van der Waals surface area contributed by atoms with Crippen molar-refractivity contribution in [3.8, 4) is 0 Å². The molecular formula is C20H14Cl2N4OS3. The molecule has 1 N–H and O–H groups in total. The molecule has 0 aliphatic carbocycles. The van der Waals surface area contributed by atoms with Crippen molar-refractivity contribution >= 4 is 90.8 Å². The van der Waals surface area contributed by atoms with Crippen LogP contribution in [-0.2, 0) is 4.79 Å². The van der Waals surface area contributed by atoms with Crippen LogP contribution in [0.3, 0.4) is 0 Å². The number of nitrogens with zero attached hydrogens (tertiary/aromatic N) is 3. The highest BCUT2D eigenvalue weighted by molar-refractivity contribution is 8.02. The molecule has 30 heavy (non-hydrogen) atoms. The number of rotatable bonds is 6. The molecule has 2 aromatic carbocycles. The zero-order valence-electron chi connectivity index (χ0n) is 15.5. The van der Waals surface area contributed by atoms with Gasteiger partial charge in [0.2, 0.25) is 5.91 Å². The molecule has 0 bridgehead atoms. The molecule has 0 aliphatic rings. The summed E-state index contributed by atoms with van der Waals surface area (Å²) in [5, 5.41) is 6.07. The maximum absolute atomic E-state index is 12.3.